The molecule has 0 aromatic carbocycles. The zero-order valence-electron chi connectivity index (χ0n) is 7.61. The molecule has 1 heterocycles. The summed E-state index contributed by atoms with van der Waals surface area (Å²) in [4.78, 5) is 14.7. The van der Waals surface area contributed by atoms with Crippen LogP contribution in [0.2, 0.25) is 0 Å². The highest BCUT2D eigenvalue weighted by molar-refractivity contribution is 5.86. The molecule has 0 aliphatic carbocycles. The van der Waals surface area contributed by atoms with Gasteiger partial charge in [-0.3, -0.25) is 0 Å². The van der Waals surface area contributed by atoms with E-state index >= 15 is 0 Å². The highest BCUT2D eigenvalue weighted by Crippen LogP contribution is 2.02. The molecule has 0 spiro atoms. The number of imidazole rings is 1. The zero-order valence-corrected chi connectivity index (χ0v) is 7.61. The number of alkyl halides is 2. The quantitative estimate of drug-likeness (QED) is 0.695. The van der Waals surface area contributed by atoms with Crippen molar-refractivity contribution < 1.29 is 18.3 Å². The number of halogens is 2. The second-order valence-electron chi connectivity index (χ2n) is 2.57. The summed E-state index contributed by atoms with van der Waals surface area (Å²) < 4.78 is 29.6. The fourth-order valence-corrected chi connectivity index (χ4v) is 0.930. The molecule has 0 radical (unpaired) electrons. The minimum atomic E-state index is -2.46. The van der Waals surface area contributed by atoms with Crippen LogP contribution in [0.5, 0.6) is 0 Å². The Bertz CT molecular complexity index is 312. The van der Waals surface area contributed by atoms with E-state index in [0.717, 1.165) is 4.57 Å². The molecule has 6 heteroatoms. The lowest BCUT2D eigenvalue weighted by Crippen LogP contribution is -2.06. The monoisotopic (exact) mass is 204 g/mol. The van der Waals surface area contributed by atoms with E-state index in [2.05, 4.69) is 9.72 Å². The lowest BCUT2D eigenvalue weighted by atomic mass is 10.5. The summed E-state index contributed by atoms with van der Waals surface area (Å²) in [5, 5.41) is 0. The molecule has 1 aromatic heterocycles. The molecule has 1 aromatic rings. The van der Waals surface area contributed by atoms with Crippen molar-refractivity contribution in [3.8, 4) is 0 Å². The van der Waals surface area contributed by atoms with Crippen LogP contribution in [0.25, 0.3) is 0 Å². The molecule has 1 rings (SSSR count). The van der Waals surface area contributed by atoms with E-state index < -0.39 is 18.9 Å². The summed E-state index contributed by atoms with van der Waals surface area (Å²) in [7, 11) is 0. The molecule has 0 aliphatic heterocycles. The molecule has 0 N–H and O–H groups in total. The number of hydrogen-bond acceptors (Lipinski definition) is 3. The van der Waals surface area contributed by atoms with E-state index in [4.69, 9.17) is 0 Å². The number of esters is 1. The Kier molecular flexibility index (Phi) is 3.55. The van der Waals surface area contributed by atoms with Gasteiger partial charge in [-0.1, -0.05) is 0 Å². The Balaban J connectivity index is 2.63. The SMILES string of the molecule is CCOC(=O)c1cn(CC(F)F)cn1. The van der Waals surface area contributed by atoms with Gasteiger partial charge in [0.15, 0.2) is 5.69 Å². The second kappa shape index (κ2) is 4.69. The van der Waals surface area contributed by atoms with Gasteiger partial charge < -0.3 is 9.30 Å². The smallest absolute Gasteiger partial charge is 0.358 e. The summed E-state index contributed by atoms with van der Waals surface area (Å²) in [5.41, 5.74) is 0.0486. The van der Waals surface area contributed by atoms with Gasteiger partial charge in [0.2, 0.25) is 0 Å². The summed E-state index contributed by atoms with van der Waals surface area (Å²) in [6.45, 7) is 1.43. The molecule has 14 heavy (non-hydrogen) atoms. The van der Waals surface area contributed by atoms with Crippen LogP contribution in [-0.2, 0) is 11.3 Å². The molecular formula is C8H10F2N2O2. The first kappa shape index (κ1) is 10.6. The summed E-state index contributed by atoms with van der Waals surface area (Å²) >= 11 is 0. The molecule has 4 nitrogen and oxygen atoms in total. The number of rotatable bonds is 4. The lowest BCUT2D eigenvalue weighted by molar-refractivity contribution is 0.0519. The molecule has 0 saturated carbocycles. The van der Waals surface area contributed by atoms with Crippen molar-refractivity contribution in [3.63, 3.8) is 0 Å². The maximum atomic E-state index is 11.9. The van der Waals surface area contributed by atoms with Crippen LogP contribution in [0.3, 0.4) is 0 Å². The normalized spacial score (nSPS) is 10.6. The Labute approximate surface area is 79.5 Å². The average Bonchev–Trinajstić information content (AvgIpc) is 2.52. The van der Waals surface area contributed by atoms with Gasteiger partial charge in [-0.15, -0.1) is 0 Å². The first-order chi connectivity index (χ1) is 6.63. The van der Waals surface area contributed by atoms with Crippen molar-refractivity contribution in [3.05, 3.63) is 18.2 Å². The Morgan fingerprint density at radius 3 is 3.00 bits per heavy atom. The molecule has 78 valence electrons. The summed E-state index contributed by atoms with van der Waals surface area (Å²) in [6, 6.07) is 0. The van der Waals surface area contributed by atoms with E-state index in [0.29, 0.717) is 0 Å². The first-order valence-electron chi connectivity index (χ1n) is 4.10. The van der Waals surface area contributed by atoms with Gasteiger partial charge in [0.05, 0.1) is 19.5 Å². The van der Waals surface area contributed by atoms with Crippen molar-refractivity contribution in [2.45, 2.75) is 19.9 Å². The Hall–Kier alpha value is -1.46. The molecule has 0 aliphatic rings. The van der Waals surface area contributed by atoms with Crippen LogP contribution in [0.15, 0.2) is 12.5 Å². The number of hydrogen-bond donors (Lipinski definition) is 0. The van der Waals surface area contributed by atoms with Gasteiger partial charge in [0.1, 0.15) is 0 Å². The maximum Gasteiger partial charge on any atom is 0.358 e. The Morgan fingerprint density at radius 2 is 2.43 bits per heavy atom. The highest BCUT2D eigenvalue weighted by Gasteiger charge is 2.11. The van der Waals surface area contributed by atoms with Crippen molar-refractivity contribution in [2.75, 3.05) is 6.61 Å². The molecule has 0 unspecified atom stereocenters. The summed E-state index contributed by atoms with van der Waals surface area (Å²) in [5.74, 6) is -0.597. The summed E-state index contributed by atoms with van der Waals surface area (Å²) in [6.07, 6.45) is -0.0398. The molecule has 0 saturated heterocycles. The van der Waals surface area contributed by atoms with Gasteiger partial charge in [-0.05, 0) is 6.92 Å². The van der Waals surface area contributed by atoms with Crippen LogP contribution in [0, 0.1) is 0 Å². The van der Waals surface area contributed by atoms with E-state index in [1.54, 1.807) is 6.92 Å². The van der Waals surface area contributed by atoms with Crippen LogP contribution < -0.4 is 0 Å². The van der Waals surface area contributed by atoms with Gasteiger partial charge in [-0.2, -0.15) is 0 Å². The van der Waals surface area contributed by atoms with Crippen molar-refractivity contribution in [1.82, 2.24) is 9.55 Å². The standard InChI is InChI=1S/C8H10F2N2O2/c1-2-14-8(13)6-3-12(5-11-6)4-7(9)10/h3,5,7H,2,4H2,1H3. The maximum absolute atomic E-state index is 11.9. The third-order valence-electron chi connectivity index (χ3n) is 1.47. The van der Waals surface area contributed by atoms with E-state index in [9.17, 15) is 13.6 Å². The average molecular weight is 204 g/mol. The van der Waals surface area contributed by atoms with E-state index in [1.165, 1.54) is 12.5 Å². The topological polar surface area (TPSA) is 44.1 Å². The molecule has 0 amide bonds. The van der Waals surface area contributed by atoms with Crippen LogP contribution >= 0.6 is 0 Å². The van der Waals surface area contributed by atoms with Crippen LogP contribution in [0.1, 0.15) is 17.4 Å². The predicted octanol–water partition coefficient (Wildman–Crippen LogP) is 1.32. The lowest BCUT2D eigenvalue weighted by Gasteiger charge is -1.98. The van der Waals surface area contributed by atoms with Gasteiger partial charge in [-0.25, -0.2) is 18.6 Å². The van der Waals surface area contributed by atoms with Gasteiger partial charge in [0, 0.05) is 6.20 Å². The molecular weight excluding hydrogens is 194 g/mol. The molecule has 0 atom stereocenters. The van der Waals surface area contributed by atoms with Crippen LogP contribution in [0.4, 0.5) is 8.78 Å². The van der Waals surface area contributed by atoms with Crippen LogP contribution in [-0.4, -0.2) is 28.6 Å². The Morgan fingerprint density at radius 1 is 1.71 bits per heavy atom. The van der Waals surface area contributed by atoms with E-state index in [1.807, 2.05) is 0 Å². The fourth-order valence-electron chi connectivity index (χ4n) is 0.930. The highest BCUT2D eigenvalue weighted by atomic mass is 19.3. The number of aromatic nitrogens is 2. The minimum absolute atomic E-state index is 0.0486. The number of ether oxygens (including phenoxy) is 1. The first-order valence-corrected chi connectivity index (χ1v) is 4.10. The predicted molar refractivity (Wildman–Crippen MR) is 44.2 cm³/mol. The van der Waals surface area contributed by atoms with Crippen molar-refractivity contribution in [2.24, 2.45) is 0 Å². The zero-order chi connectivity index (χ0) is 10.6. The number of carbonyl (C=O) groups excluding carboxylic acids is 1. The molecule has 0 bridgehead atoms. The third-order valence-corrected chi connectivity index (χ3v) is 1.47. The second-order valence-corrected chi connectivity index (χ2v) is 2.57. The third kappa shape index (κ3) is 2.79. The minimum Gasteiger partial charge on any atom is -0.461 e. The van der Waals surface area contributed by atoms with Gasteiger partial charge in [0.25, 0.3) is 6.43 Å². The largest absolute Gasteiger partial charge is 0.461 e. The van der Waals surface area contributed by atoms with Gasteiger partial charge >= 0.3 is 5.97 Å². The number of nitrogens with zero attached hydrogens (tertiary/aromatic N) is 2. The number of carbonyl (C=O) groups is 1. The van der Waals surface area contributed by atoms with Crippen molar-refractivity contribution in [1.29, 1.82) is 0 Å². The van der Waals surface area contributed by atoms with E-state index in [-0.39, 0.29) is 12.3 Å². The molecule has 0 fully saturated rings. The van der Waals surface area contributed by atoms with Crippen molar-refractivity contribution >= 4 is 5.97 Å². The fraction of sp³-hybridized carbons (Fsp3) is 0.500.